The SMILES string of the molecule is [B]C(Nc1cc(C#N)c2ncc(C#N)c(NCC(C)(C)C)c2c1)(C1=CN(C2CC2)NN1)c1ccccc1Cl. The molecule has 2 aliphatic rings. The van der Waals surface area contributed by atoms with E-state index in [0.717, 1.165) is 12.8 Å². The topological polar surface area (TPSA) is 112 Å². The molecule has 0 bridgehead atoms. The lowest BCUT2D eigenvalue weighted by atomic mass is 9.69. The van der Waals surface area contributed by atoms with Gasteiger partial charge in [-0.2, -0.15) is 10.5 Å². The highest BCUT2D eigenvalue weighted by Gasteiger charge is 2.38. The van der Waals surface area contributed by atoms with Crippen molar-refractivity contribution in [3.63, 3.8) is 0 Å². The number of hydrogen-bond acceptors (Lipinski definition) is 8. The molecule has 190 valence electrons. The molecule has 8 nitrogen and oxygen atoms in total. The van der Waals surface area contributed by atoms with Gasteiger partial charge in [-0.3, -0.25) is 9.99 Å². The molecule has 1 atom stereocenters. The van der Waals surface area contributed by atoms with Gasteiger partial charge in [-0.15, -0.1) is 5.53 Å². The fourth-order valence-corrected chi connectivity index (χ4v) is 4.74. The monoisotopic (exact) mass is 522 g/mol. The Labute approximate surface area is 229 Å². The quantitative estimate of drug-likeness (QED) is 0.326. The summed E-state index contributed by atoms with van der Waals surface area (Å²) >= 11 is 6.65. The Hall–Kier alpha value is -3.92. The third-order valence-corrected chi connectivity index (χ3v) is 6.93. The summed E-state index contributed by atoms with van der Waals surface area (Å²) < 4.78 is 0. The number of anilines is 2. The lowest BCUT2D eigenvalue weighted by molar-refractivity contribution is 0.260. The minimum atomic E-state index is -1.27. The molecule has 2 radical (unpaired) electrons. The van der Waals surface area contributed by atoms with Crippen LogP contribution in [0.2, 0.25) is 5.02 Å². The number of hydrazine groups is 2. The molecule has 10 heteroatoms. The Morgan fingerprint density at radius 2 is 1.89 bits per heavy atom. The van der Waals surface area contributed by atoms with Crippen molar-refractivity contribution < 1.29 is 0 Å². The zero-order valence-electron chi connectivity index (χ0n) is 21.6. The largest absolute Gasteiger partial charge is 0.383 e. The van der Waals surface area contributed by atoms with Crippen LogP contribution >= 0.6 is 11.6 Å². The second-order valence-corrected chi connectivity index (χ2v) is 11.3. The summed E-state index contributed by atoms with van der Waals surface area (Å²) in [7, 11) is 7.13. The average Bonchev–Trinajstić information content (AvgIpc) is 3.61. The number of nitrogens with one attached hydrogen (secondary N) is 4. The second-order valence-electron chi connectivity index (χ2n) is 10.9. The first-order valence-corrected chi connectivity index (χ1v) is 12.9. The summed E-state index contributed by atoms with van der Waals surface area (Å²) in [5.41, 5.74) is 8.90. The van der Waals surface area contributed by atoms with Gasteiger partial charge in [0.25, 0.3) is 0 Å². The summed E-state index contributed by atoms with van der Waals surface area (Å²) in [5, 5.41) is 29.9. The standard InChI is InChI=1S/C28H28BClN8/c1-27(2,3)16-34-26-18(13-32)14-33-25-17(12-31)10-19(11-21(25)26)35-28(29,22-6-4-5-7-23(22)30)24-15-38(37-36-24)20-8-9-20/h4-7,10-11,14-15,20,35-37H,8-9,16H2,1-3H3,(H,33,34). The molecular formula is C28H28BClN8. The lowest BCUT2D eigenvalue weighted by Crippen LogP contribution is -2.45. The molecule has 1 unspecified atom stereocenters. The molecule has 1 fully saturated rings. The van der Waals surface area contributed by atoms with E-state index in [-0.39, 0.29) is 5.41 Å². The van der Waals surface area contributed by atoms with Gasteiger partial charge in [0.05, 0.1) is 33.5 Å². The predicted octanol–water partition coefficient (Wildman–Crippen LogP) is 4.85. The molecular weight excluding hydrogens is 495 g/mol. The maximum Gasteiger partial charge on any atom is 0.119 e. The van der Waals surface area contributed by atoms with Gasteiger partial charge in [0.1, 0.15) is 20.0 Å². The summed E-state index contributed by atoms with van der Waals surface area (Å²) in [6.07, 6.45) is 5.66. The van der Waals surface area contributed by atoms with E-state index in [2.05, 4.69) is 59.5 Å². The number of halogens is 1. The second kappa shape index (κ2) is 9.76. The Morgan fingerprint density at radius 3 is 2.55 bits per heavy atom. The van der Waals surface area contributed by atoms with Gasteiger partial charge in [-0.25, -0.2) is 0 Å². The highest BCUT2D eigenvalue weighted by molar-refractivity contribution is 6.33. The van der Waals surface area contributed by atoms with Gasteiger partial charge in [0.2, 0.25) is 0 Å². The number of aromatic nitrogens is 1. The zero-order chi connectivity index (χ0) is 27.1. The highest BCUT2D eigenvalue weighted by atomic mass is 35.5. The van der Waals surface area contributed by atoms with E-state index in [4.69, 9.17) is 19.4 Å². The molecule has 1 aliphatic carbocycles. The van der Waals surface area contributed by atoms with Crippen molar-refractivity contribution in [3.8, 4) is 12.1 Å². The van der Waals surface area contributed by atoms with Crippen molar-refractivity contribution in [1.29, 1.82) is 10.5 Å². The normalized spacial score (nSPS) is 16.7. The number of rotatable bonds is 7. The van der Waals surface area contributed by atoms with Crippen LogP contribution in [0.3, 0.4) is 0 Å². The van der Waals surface area contributed by atoms with Crippen molar-refractivity contribution in [2.45, 2.75) is 45.1 Å². The smallest absolute Gasteiger partial charge is 0.119 e. The van der Waals surface area contributed by atoms with Crippen LogP contribution in [0.1, 0.15) is 50.3 Å². The van der Waals surface area contributed by atoms with E-state index >= 15 is 0 Å². The van der Waals surface area contributed by atoms with Gasteiger partial charge in [-0.05, 0) is 42.0 Å². The van der Waals surface area contributed by atoms with Crippen LogP contribution in [0.25, 0.3) is 10.9 Å². The molecule has 4 N–H and O–H groups in total. The van der Waals surface area contributed by atoms with E-state index in [0.29, 0.717) is 62.3 Å². The van der Waals surface area contributed by atoms with Crippen molar-refractivity contribution in [2.75, 3.05) is 17.2 Å². The molecule has 1 aliphatic heterocycles. The van der Waals surface area contributed by atoms with Gasteiger partial charge < -0.3 is 16.1 Å². The fraction of sp³-hybridized carbons (Fsp3) is 0.321. The lowest BCUT2D eigenvalue weighted by Gasteiger charge is -2.35. The molecule has 0 saturated heterocycles. The third kappa shape index (κ3) is 4.96. The Kier molecular flexibility index (Phi) is 6.60. The number of fused-ring (bicyclic) bond motifs is 1. The molecule has 1 aromatic heterocycles. The molecule has 3 aromatic rings. The number of nitriles is 2. The third-order valence-electron chi connectivity index (χ3n) is 6.60. The van der Waals surface area contributed by atoms with Crippen LogP contribution < -0.4 is 21.6 Å². The first-order valence-electron chi connectivity index (χ1n) is 12.5. The highest BCUT2D eigenvalue weighted by Crippen LogP contribution is 2.39. The molecule has 2 aromatic carbocycles. The molecule has 1 saturated carbocycles. The first kappa shape index (κ1) is 25.7. The number of hydrogen-bond donors (Lipinski definition) is 4. The van der Waals surface area contributed by atoms with Crippen LogP contribution in [-0.2, 0) is 5.44 Å². The summed E-state index contributed by atoms with van der Waals surface area (Å²) in [6, 6.07) is 15.9. The van der Waals surface area contributed by atoms with Crippen molar-refractivity contribution in [3.05, 3.63) is 76.2 Å². The van der Waals surface area contributed by atoms with Gasteiger partial charge in [0, 0.05) is 41.1 Å². The number of pyridine rings is 1. The minimum Gasteiger partial charge on any atom is -0.383 e. The average molecular weight is 523 g/mol. The van der Waals surface area contributed by atoms with Crippen molar-refractivity contribution in [2.24, 2.45) is 5.41 Å². The van der Waals surface area contributed by atoms with E-state index in [9.17, 15) is 10.5 Å². The van der Waals surface area contributed by atoms with Crippen LogP contribution in [-0.4, -0.2) is 30.4 Å². The maximum atomic E-state index is 10.0. The van der Waals surface area contributed by atoms with Crippen LogP contribution in [0, 0.1) is 28.1 Å². The van der Waals surface area contributed by atoms with E-state index in [1.807, 2.05) is 35.5 Å². The van der Waals surface area contributed by atoms with Gasteiger partial charge in [-0.1, -0.05) is 50.6 Å². The predicted molar refractivity (Wildman–Crippen MR) is 151 cm³/mol. The van der Waals surface area contributed by atoms with Crippen molar-refractivity contribution in [1.82, 2.24) is 21.0 Å². The summed E-state index contributed by atoms with van der Waals surface area (Å²) in [6.45, 7) is 6.95. The first-order chi connectivity index (χ1) is 18.1. The van der Waals surface area contributed by atoms with E-state index < -0.39 is 5.44 Å². The van der Waals surface area contributed by atoms with Crippen molar-refractivity contribution >= 4 is 41.7 Å². The molecule has 0 spiro atoms. The molecule has 5 rings (SSSR count). The number of benzene rings is 2. The maximum absolute atomic E-state index is 10.0. The Morgan fingerprint density at radius 1 is 1.16 bits per heavy atom. The van der Waals surface area contributed by atoms with Crippen LogP contribution in [0.5, 0.6) is 0 Å². The Balaban J connectivity index is 1.64. The fourth-order valence-electron chi connectivity index (χ4n) is 4.46. The van der Waals surface area contributed by atoms with E-state index in [1.165, 1.54) is 6.20 Å². The summed E-state index contributed by atoms with van der Waals surface area (Å²) in [5.74, 6) is 0. The minimum absolute atomic E-state index is 0.0340. The molecule has 38 heavy (non-hydrogen) atoms. The number of nitrogens with zero attached hydrogens (tertiary/aromatic N) is 4. The molecule has 0 amide bonds. The Bertz CT molecular complexity index is 1510. The van der Waals surface area contributed by atoms with Crippen LogP contribution in [0.4, 0.5) is 11.4 Å². The van der Waals surface area contributed by atoms with Gasteiger partial charge >= 0.3 is 0 Å². The van der Waals surface area contributed by atoms with Gasteiger partial charge in [0.15, 0.2) is 0 Å². The zero-order valence-corrected chi connectivity index (χ0v) is 22.3. The van der Waals surface area contributed by atoms with Crippen LogP contribution in [0.15, 0.2) is 54.5 Å². The summed E-state index contributed by atoms with van der Waals surface area (Å²) in [4.78, 5) is 4.45. The van der Waals surface area contributed by atoms with E-state index in [1.54, 1.807) is 12.1 Å². The molecule has 2 heterocycles.